The van der Waals surface area contributed by atoms with Crippen LogP contribution in [0.1, 0.15) is 93.4 Å². The van der Waals surface area contributed by atoms with Gasteiger partial charge in [0.1, 0.15) is 6.07 Å². The van der Waals surface area contributed by atoms with E-state index in [1.165, 1.54) is 0 Å². The second-order valence-corrected chi connectivity index (χ2v) is 15.6. The zero-order valence-electron chi connectivity index (χ0n) is 25.0. The third kappa shape index (κ3) is 3.18. The minimum absolute atomic E-state index is 0.0159. The first-order chi connectivity index (χ1) is 17.4. The number of nitrogens with zero attached hydrogens (tertiary/aromatic N) is 2. The third-order valence-corrected chi connectivity index (χ3v) is 12.7. The predicted molar refractivity (Wildman–Crippen MR) is 148 cm³/mol. The molecule has 0 heterocycles. The van der Waals surface area contributed by atoms with Gasteiger partial charge in [-0.25, -0.2) is 0 Å². The van der Waals surface area contributed by atoms with Crippen molar-refractivity contribution in [2.75, 3.05) is 14.1 Å². The smallest absolute Gasteiger partial charge is 0.228 e. The van der Waals surface area contributed by atoms with Crippen molar-refractivity contribution in [2.45, 2.75) is 93.4 Å². The van der Waals surface area contributed by atoms with Gasteiger partial charge in [-0.15, -0.1) is 0 Å². The summed E-state index contributed by atoms with van der Waals surface area (Å²) in [5, 5.41) is 9.89. The summed E-state index contributed by atoms with van der Waals surface area (Å²) >= 11 is 0. The van der Waals surface area contributed by atoms with E-state index in [0.717, 1.165) is 50.5 Å². The molecule has 5 heteroatoms. The van der Waals surface area contributed by atoms with E-state index in [2.05, 4.69) is 40.7 Å². The number of allylic oxidation sites excluding steroid dienone is 4. The van der Waals surface area contributed by atoms with Gasteiger partial charge in [0.25, 0.3) is 0 Å². The lowest BCUT2D eigenvalue weighted by Crippen LogP contribution is -2.66. The van der Waals surface area contributed by atoms with Crippen LogP contribution >= 0.6 is 0 Å². The number of rotatable bonds is 1. The standard InChI is InChI=1S/C33H46N2O3/c1-28(2)12-14-33(27(38)35(8)9)15-13-32(7)25(21(33)18-28)22(36)16-24-30(5)17-20(19-34)26(37)29(3,4)23(30)10-11-31(24,32)6/h16-17,21,23,25H,10-15,18H2,1-9H3/t21?,23-,25?,30-,31+,32+,33-/m0/s1. The van der Waals surface area contributed by atoms with Crippen LogP contribution in [0.5, 0.6) is 0 Å². The molecule has 3 saturated carbocycles. The number of hydrogen-bond acceptors (Lipinski definition) is 4. The molecule has 3 fully saturated rings. The van der Waals surface area contributed by atoms with Gasteiger partial charge in [0, 0.05) is 30.8 Å². The molecule has 0 saturated heterocycles. The molecule has 0 aromatic rings. The summed E-state index contributed by atoms with van der Waals surface area (Å²) < 4.78 is 0. The number of carbonyl (C=O) groups is 3. The van der Waals surface area contributed by atoms with Crippen LogP contribution in [0.25, 0.3) is 0 Å². The van der Waals surface area contributed by atoms with Crippen LogP contribution in [0.3, 0.4) is 0 Å². The summed E-state index contributed by atoms with van der Waals surface area (Å²) in [5.74, 6) is 0.123. The fraction of sp³-hybridized carbons (Fsp3) is 0.758. The van der Waals surface area contributed by atoms with Gasteiger partial charge in [0.15, 0.2) is 11.6 Å². The average molecular weight is 519 g/mol. The van der Waals surface area contributed by atoms with Crippen LogP contribution in [0.15, 0.2) is 23.3 Å². The number of fused-ring (bicyclic) bond motifs is 7. The molecule has 7 atom stereocenters. The molecule has 0 spiro atoms. The van der Waals surface area contributed by atoms with Crippen molar-refractivity contribution >= 4 is 17.5 Å². The highest BCUT2D eigenvalue weighted by Gasteiger charge is 2.70. The number of amides is 1. The summed E-state index contributed by atoms with van der Waals surface area (Å²) in [6.45, 7) is 15.4. The molecule has 0 N–H and O–H groups in total. The molecule has 5 aliphatic rings. The highest BCUT2D eigenvalue weighted by Crippen LogP contribution is 2.74. The Kier molecular flexibility index (Phi) is 5.70. The second-order valence-electron chi connectivity index (χ2n) is 15.6. The van der Waals surface area contributed by atoms with Gasteiger partial charge >= 0.3 is 0 Å². The lowest BCUT2D eigenvalue weighted by Gasteiger charge is -2.69. The van der Waals surface area contributed by atoms with Crippen molar-refractivity contribution in [3.63, 3.8) is 0 Å². The summed E-state index contributed by atoms with van der Waals surface area (Å²) in [6, 6.07) is 2.18. The Morgan fingerprint density at radius 3 is 2.21 bits per heavy atom. The molecular formula is C33H46N2O3. The first-order valence-corrected chi connectivity index (χ1v) is 14.6. The van der Waals surface area contributed by atoms with Crippen molar-refractivity contribution in [1.29, 1.82) is 5.26 Å². The minimum atomic E-state index is -0.662. The van der Waals surface area contributed by atoms with Gasteiger partial charge < -0.3 is 4.90 Å². The van der Waals surface area contributed by atoms with Crippen LogP contribution in [0, 0.1) is 61.6 Å². The Bertz CT molecular complexity index is 1230. The van der Waals surface area contributed by atoms with Gasteiger partial charge in [-0.05, 0) is 79.1 Å². The largest absolute Gasteiger partial charge is 0.348 e. The van der Waals surface area contributed by atoms with Gasteiger partial charge in [0.2, 0.25) is 5.91 Å². The number of hydrogen-bond donors (Lipinski definition) is 0. The number of nitriles is 1. The van der Waals surface area contributed by atoms with Crippen molar-refractivity contribution in [3.05, 3.63) is 23.3 Å². The molecule has 1 amide bonds. The normalized spacial score (nSPS) is 44.8. The summed E-state index contributed by atoms with van der Waals surface area (Å²) in [5.41, 5.74) is -0.779. The van der Waals surface area contributed by atoms with Crippen molar-refractivity contribution in [1.82, 2.24) is 4.90 Å². The van der Waals surface area contributed by atoms with E-state index in [4.69, 9.17) is 0 Å². The van der Waals surface area contributed by atoms with E-state index in [-0.39, 0.29) is 57.0 Å². The first-order valence-electron chi connectivity index (χ1n) is 14.6. The maximum absolute atomic E-state index is 14.5. The van der Waals surface area contributed by atoms with Gasteiger partial charge in [-0.3, -0.25) is 14.4 Å². The molecular weight excluding hydrogens is 472 g/mol. The number of ketones is 2. The second kappa shape index (κ2) is 7.92. The molecule has 0 aromatic heterocycles. The Morgan fingerprint density at radius 2 is 1.61 bits per heavy atom. The molecule has 5 aliphatic carbocycles. The molecule has 38 heavy (non-hydrogen) atoms. The molecule has 0 aromatic carbocycles. The highest BCUT2D eigenvalue weighted by atomic mass is 16.2. The molecule has 5 rings (SSSR count). The zero-order chi connectivity index (χ0) is 28.3. The molecule has 5 nitrogen and oxygen atoms in total. The highest BCUT2D eigenvalue weighted by molar-refractivity contribution is 6.04. The predicted octanol–water partition coefficient (Wildman–Crippen LogP) is 6.29. The van der Waals surface area contributed by atoms with Crippen molar-refractivity contribution < 1.29 is 14.4 Å². The van der Waals surface area contributed by atoms with E-state index in [1.54, 1.807) is 4.90 Å². The average Bonchev–Trinajstić information content (AvgIpc) is 2.82. The van der Waals surface area contributed by atoms with Crippen LogP contribution in [-0.2, 0) is 14.4 Å². The first kappa shape index (κ1) is 27.4. The molecule has 0 bridgehead atoms. The van der Waals surface area contributed by atoms with Gasteiger partial charge in [0.05, 0.1) is 11.0 Å². The quantitative estimate of drug-likeness (QED) is 0.408. The lowest BCUT2D eigenvalue weighted by molar-refractivity contribution is -0.183. The monoisotopic (exact) mass is 518 g/mol. The molecule has 0 aliphatic heterocycles. The SMILES string of the molecule is CN(C)C(=O)[C@]12CCC(C)(C)CC1C1C(=O)C=C3[C@@]4(C)C=C(C#N)C(=O)C(C)(C)[C@@H]4CC[C@@]3(C)[C@]1(C)CC2. The maximum atomic E-state index is 14.5. The van der Waals surface area contributed by atoms with E-state index < -0.39 is 16.2 Å². The summed E-state index contributed by atoms with van der Waals surface area (Å²) in [4.78, 5) is 43.3. The minimum Gasteiger partial charge on any atom is -0.348 e. The van der Waals surface area contributed by atoms with E-state index in [1.807, 2.05) is 40.1 Å². The third-order valence-electron chi connectivity index (χ3n) is 12.7. The Morgan fingerprint density at radius 1 is 0.974 bits per heavy atom. The number of Topliss-reactive ketones (excluding diaryl/α,β-unsaturated/α-hetero) is 1. The molecule has 206 valence electrons. The fourth-order valence-electron chi connectivity index (χ4n) is 10.5. The fourth-order valence-corrected chi connectivity index (χ4v) is 10.5. The Labute approximate surface area is 229 Å². The summed E-state index contributed by atoms with van der Waals surface area (Å²) in [6.07, 6.45) is 10.0. The zero-order valence-corrected chi connectivity index (χ0v) is 25.0. The van der Waals surface area contributed by atoms with Crippen LogP contribution in [0.4, 0.5) is 0 Å². The van der Waals surface area contributed by atoms with Gasteiger partial charge in [-0.1, -0.05) is 60.1 Å². The van der Waals surface area contributed by atoms with Crippen LogP contribution in [-0.4, -0.2) is 36.5 Å². The number of carbonyl (C=O) groups excluding carboxylic acids is 3. The van der Waals surface area contributed by atoms with Crippen LogP contribution < -0.4 is 0 Å². The lowest BCUT2D eigenvalue weighted by atomic mass is 9.34. The van der Waals surface area contributed by atoms with E-state index in [9.17, 15) is 19.6 Å². The molecule has 0 radical (unpaired) electrons. The maximum Gasteiger partial charge on any atom is 0.228 e. The Balaban J connectivity index is 1.71. The van der Waals surface area contributed by atoms with Gasteiger partial charge in [-0.2, -0.15) is 5.26 Å². The topological polar surface area (TPSA) is 78.2 Å². The van der Waals surface area contributed by atoms with Crippen molar-refractivity contribution in [2.24, 2.45) is 50.2 Å². The summed E-state index contributed by atoms with van der Waals surface area (Å²) in [7, 11) is 3.72. The van der Waals surface area contributed by atoms with Crippen molar-refractivity contribution in [3.8, 4) is 6.07 Å². The Hall–Kier alpha value is -2.22. The van der Waals surface area contributed by atoms with E-state index >= 15 is 0 Å². The van der Waals surface area contributed by atoms with E-state index in [0.29, 0.717) is 0 Å². The molecule has 2 unspecified atom stereocenters. The van der Waals surface area contributed by atoms with Crippen LogP contribution in [0.2, 0.25) is 0 Å².